The minimum absolute atomic E-state index is 0.0110. The van der Waals surface area contributed by atoms with Gasteiger partial charge in [-0.3, -0.25) is 14.9 Å². The van der Waals surface area contributed by atoms with Crippen LogP contribution in [-0.2, 0) is 9.53 Å². The van der Waals surface area contributed by atoms with Gasteiger partial charge >= 0.3 is 0 Å². The van der Waals surface area contributed by atoms with Crippen molar-refractivity contribution in [1.82, 2.24) is 4.90 Å². The maximum atomic E-state index is 12.2. The van der Waals surface area contributed by atoms with E-state index in [1.807, 2.05) is 6.92 Å². The van der Waals surface area contributed by atoms with Crippen LogP contribution in [0.5, 0.6) is 0 Å². The summed E-state index contributed by atoms with van der Waals surface area (Å²) in [5.41, 5.74) is 6.22. The highest BCUT2D eigenvalue weighted by Gasteiger charge is 2.21. The number of benzene rings is 1. The Balaban J connectivity index is 2.82. The van der Waals surface area contributed by atoms with Crippen LogP contribution in [0.1, 0.15) is 24.9 Å². The molecule has 2 unspecified atom stereocenters. The van der Waals surface area contributed by atoms with Crippen molar-refractivity contribution >= 4 is 11.6 Å². The quantitative estimate of drug-likeness (QED) is 0.606. The Morgan fingerprint density at radius 3 is 2.71 bits per heavy atom. The standard InChI is InChI=1S/C14H21N3O4/c1-10(11-5-4-6-12(7-11)17(19)20)16(2)14(18)8-13(9-15)21-3/h4-7,10,13H,8-9,15H2,1-3H3. The van der Waals surface area contributed by atoms with E-state index in [2.05, 4.69) is 0 Å². The maximum absolute atomic E-state index is 12.2. The van der Waals surface area contributed by atoms with Crippen LogP contribution in [0.25, 0.3) is 0 Å². The first-order valence-electron chi connectivity index (χ1n) is 6.63. The van der Waals surface area contributed by atoms with Gasteiger partial charge in [-0.2, -0.15) is 0 Å². The number of non-ortho nitro benzene ring substituents is 1. The fourth-order valence-electron chi connectivity index (χ4n) is 1.94. The summed E-state index contributed by atoms with van der Waals surface area (Å²) in [6.07, 6.45) is -0.139. The van der Waals surface area contributed by atoms with Crippen LogP contribution in [0.2, 0.25) is 0 Å². The zero-order chi connectivity index (χ0) is 16.0. The Hall–Kier alpha value is -1.99. The largest absolute Gasteiger partial charge is 0.380 e. The SMILES string of the molecule is COC(CN)CC(=O)N(C)C(C)c1cccc([N+](=O)[O-])c1. The third-order valence-electron chi connectivity index (χ3n) is 3.54. The highest BCUT2D eigenvalue weighted by molar-refractivity contribution is 5.77. The zero-order valence-electron chi connectivity index (χ0n) is 12.5. The normalized spacial score (nSPS) is 13.5. The first kappa shape index (κ1) is 17.1. The molecule has 0 fully saturated rings. The number of amides is 1. The number of nitrogens with zero attached hydrogens (tertiary/aromatic N) is 2. The van der Waals surface area contributed by atoms with Crippen molar-refractivity contribution in [2.45, 2.75) is 25.5 Å². The van der Waals surface area contributed by atoms with Crippen molar-refractivity contribution in [2.24, 2.45) is 5.73 Å². The first-order valence-corrected chi connectivity index (χ1v) is 6.63. The summed E-state index contributed by atoms with van der Waals surface area (Å²) >= 11 is 0. The number of rotatable bonds is 7. The van der Waals surface area contributed by atoms with Crippen LogP contribution in [0.3, 0.4) is 0 Å². The summed E-state index contributed by atoms with van der Waals surface area (Å²) < 4.78 is 5.09. The van der Waals surface area contributed by atoms with Crippen molar-refractivity contribution < 1.29 is 14.5 Å². The van der Waals surface area contributed by atoms with Crippen LogP contribution in [0, 0.1) is 10.1 Å². The molecule has 0 spiro atoms. The second-order valence-corrected chi connectivity index (χ2v) is 4.83. The third-order valence-corrected chi connectivity index (χ3v) is 3.54. The number of nitro benzene ring substituents is 1. The van der Waals surface area contributed by atoms with Gasteiger partial charge in [-0.25, -0.2) is 0 Å². The number of hydrogen-bond donors (Lipinski definition) is 1. The highest BCUT2D eigenvalue weighted by Crippen LogP contribution is 2.23. The number of nitrogens with two attached hydrogens (primary N) is 1. The zero-order valence-corrected chi connectivity index (χ0v) is 12.5. The maximum Gasteiger partial charge on any atom is 0.269 e. The van der Waals surface area contributed by atoms with E-state index in [0.29, 0.717) is 5.56 Å². The monoisotopic (exact) mass is 295 g/mol. The van der Waals surface area contributed by atoms with Gasteiger partial charge in [-0.1, -0.05) is 12.1 Å². The molecule has 1 aromatic rings. The van der Waals surface area contributed by atoms with E-state index in [4.69, 9.17) is 10.5 Å². The van der Waals surface area contributed by atoms with E-state index in [1.165, 1.54) is 19.2 Å². The lowest BCUT2D eigenvalue weighted by Crippen LogP contribution is -2.35. The second kappa shape index (κ2) is 7.70. The number of carbonyl (C=O) groups is 1. The summed E-state index contributed by atoms with van der Waals surface area (Å²) in [4.78, 5) is 24.0. The molecule has 0 bridgehead atoms. The molecule has 0 aliphatic heterocycles. The van der Waals surface area contributed by atoms with Crippen LogP contribution < -0.4 is 5.73 Å². The highest BCUT2D eigenvalue weighted by atomic mass is 16.6. The lowest BCUT2D eigenvalue weighted by atomic mass is 10.1. The van der Waals surface area contributed by atoms with Crippen LogP contribution in [0.15, 0.2) is 24.3 Å². The smallest absolute Gasteiger partial charge is 0.269 e. The van der Waals surface area contributed by atoms with Gasteiger partial charge in [-0.15, -0.1) is 0 Å². The van der Waals surface area contributed by atoms with E-state index >= 15 is 0 Å². The molecule has 2 atom stereocenters. The van der Waals surface area contributed by atoms with Gasteiger partial charge in [0.15, 0.2) is 0 Å². The molecule has 0 aliphatic rings. The summed E-state index contributed by atoms with van der Waals surface area (Å²) in [6.45, 7) is 2.09. The molecule has 0 aromatic heterocycles. The fourth-order valence-corrected chi connectivity index (χ4v) is 1.94. The molecule has 1 amide bonds. The van der Waals surface area contributed by atoms with Crippen molar-refractivity contribution in [2.75, 3.05) is 20.7 Å². The Bertz CT molecular complexity index is 503. The van der Waals surface area contributed by atoms with Crippen molar-refractivity contribution in [3.05, 3.63) is 39.9 Å². The van der Waals surface area contributed by atoms with Gasteiger partial charge in [0.05, 0.1) is 23.5 Å². The molecule has 1 rings (SSSR count). The molecule has 1 aromatic carbocycles. The lowest BCUT2D eigenvalue weighted by molar-refractivity contribution is -0.384. The molecule has 116 valence electrons. The number of carbonyl (C=O) groups excluding carboxylic acids is 1. The molecule has 0 saturated carbocycles. The molecule has 0 radical (unpaired) electrons. The average molecular weight is 295 g/mol. The van der Waals surface area contributed by atoms with Crippen LogP contribution in [0.4, 0.5) is 5.69 Å². The fraction of sp³-hybridized carbons (Fsp3) is 0.500. The first-order chi connectivity index (χ1) is 9.90. The van der Waals surface area contributed by atoms with Gasteiger partial charge in [0.1, 0.15) is 0 Å². The molecule has 7 nitrogen and oxygen atoms in total. The Labute approximate surface area is 123 Å². The topological polar surface area (TPSA) is 98.7 Å². The molecule has 21 heavy (non-hydrogen) atoms. The van der Waals surface area contributed by atoms with Crippen LogP contribution >= 0.6 is 0 Å². The molecule has 0 heterocycles. The second-order valence-electron chi connectivity index (χ2n) is 4.83. The van der Waals surface area contributed by atoms with E-state index in [-0.39, 0.29) is 36.7 Å². The van der Waals surface area contributed by atoms with E-state index in [9.17, 15) is 14.9 Å². The van der Waals surface area contributed by atoms with Crippen LogP contribution in [-0.4, -0.2) is 42.5 Å². The molecule has 7 heteroatoms. The van der Waals surface area contributed by atoms with E-state index in [0.717, 1.165) is 0 Å². The third kappa shape index (κ3) is 4.51. The van der Waals surface area contributed by atoms with Gasteiger partial charge in [0, 0.05) is 32.8 Å². The number of methoxy groups -OCH3 is 1. The summed E-state index contributed by atoms with van der Waals surface area (Å²) in [7, 11) is 3.17. The van der Waals surface area contributed by atoms with Gasteiger partial charge in [0.2, 0.25) is 5.91 Å². The molecule has 0 aliphatic carbocycles. The van der Waals surface area contributed by atoms with Gasteiger partial charge < -0.3 is 15.4 Å². The predicted molar refractivity (Wildman–Crippen MR) is 78.7 cm³/mol. The van der Waals surface area contributed by atoms with Crippen molar-refractivity contribution in [1.29, 1.82) is 0 Å². The van der Waals surface area contributed by atoms with Gasteiger partial charge in [-0.05, 0) is 12.5 Å². The van der Waals surface area contributed by atoms with Crippen molar-refractivity contribution in [3.8, 4) is 0 Å². The summed E-state index contributed by atoms with van der Waals surface area (Å²) in [5.74, 6) is -0.119. The molecule has 2 N–H and O–H groups in total. The number of hydrogen-bond acceptors (Lipinski definition) is 5. The van der Waals surface area contributed by atoms with E-state index < -0.39 is 4.92 Å². The minimum atomic E-state index is -0.451. The molecule has 0 saturated heterocycles. The summed E-state index contributed by atoms with van der Waals surface area (Å²) in [6, 6.07) is 6.00. The minimum Gasteiger partial charge on any atom is -0.380 e. The van der Waals surface area contributed by atoms with E-state index in [1.54, 1.807) is 24.1 Å². The molecular formula is C14H21N3O4. The predicted octanol–water partition coefficient (Wildman–Crippen LogP) is 1.48. The Kier molecular flexibility index (Phi) is 6.26. The number of ether oxygens (including phenoxy) is 1. The lowest BCUT2D eigenvalue weighted by Gasteiger charge is -2.26. The summed E-state index contributed by atoms with van der Waals surface area (Å²) in [5, 5.41) is 10.8. The molecular weight excluding hydrogens is 274 g/mol. The number of nitro groups is 1. The van der Waals surface area contributed by atoms with Crippen molar-refractivity contribution in [3.63, 3.8) is 0 Å². The average Bonchev–Trinajstić information content (AvgIpc) is 2.50. The Morgan fingerprint density at radius 1 is 1.52 bits per heavy atom. The van der Waals surface area contributed by atoms with Gasteiger partial charge in [0.25, 0.3) is 5.69 Å². The Morgan fingerprint density at radius 2 is 2.19 bits per heavy atom.